The van der Waals surface area contributed by atoms with Crippen molar-refractivity contribution in [3.8, 4) is 11.5 Å². The quantitative estimate of drug-likeness (QED) is 0.648. The topological polar surface area (TPSA) is 81.2 Å². The Bertz CT molecular complexity index is 930. The zero-order valence-corrected chi connectivity index (χ0v) is 15.9. The number of anilines is 4. The first-order chi connectivity index (χ1) is 13.1. The molecule has 0 atom stereocenters. The molecule has 27 heavy (non-hydrogen) atoms. The van der Waals surface area contributed by atoms with Gasteiger partial charge in [-0.1, -0.05) is 25.1 Å². The van der Waals surface area contributed by atoms with Crippen molar-refractivity contribution in [2.45, 2.75) is 20.3 Å². The van der Waals surface area contributed by atoms with Crippen LogP contribution in [0.15, 0.2) is 42.6 Å². The minimum absolute atomic E-state index is 0.422. The van der Waals surface area contributed by atoms with Gasteiger partial charge in [-0.05, 0) is 36.6 Å². The van der Waals surface area contributed by atoms with E-state index >= 15 is 0 Å². The predicted molar refractivity (Wildman–Crippen MR) is 106 cm³/mol. The van der Waals surface area contributed by atoms with Gasteiger partial charge in [-0.2, -0.15) is 10.1 Å². The van der Waals surface area contributed by atoms with Crippen molar-refractivity contribution in [1.29, 1.82) is 0 Å². The molecule has 0 radical (unpaired) electrons. The van der Waals surface area contributed by atoms with E-state index in [2.05, 4.69) is 51.8 Å². The van der Waals surface area contributed by atoms with Gasteiger partial charge in [0.15, 0.2) is 5.82 Å². The second-order valence-electron chi connectivity index (χ2n) is 5.94. The maximum Gasteiger partial charge on any atom is 0.249 e. The molecule has 140 valence electrons. The SMILES string of the molecule is CCc1cccc(C)c1Nc1nncc(Nc2cc(OC)ccc2OC)n1. The fourth-order valence-electron chi connectivity index (χ4n) is 2.78. The monoisotopic (exact) mass is 365 g/mol. The normalized spacial score (nSPS) is 10.4. The smallest absolute Gasteiger partial charge is 0.249 e. The zero-order chi connectivity index (χ0) is 19.2. The Balaban J connectivity index is 1.87. The van der Waals surface area contributed by atoms with Gasteiger partial charge in [0.1, 0.15) is 11.5 Å². The Labute approximate surface area is 158 Å². The van der Waals surface area contributed by atoms with Crippen LogP contribution in [0.2, 0.25) is 0 Å². The zero-order valence-electron chi connectivity index (χ0n) is 15.9. The van der Waals surface area contributed by atoms with Gasteiger partial charge in [0.2, 0.25) is 5.95 Å². The number of hydrogen-bond acceptors (Lipinski definition) is 7. The summed E-state index contributed by atoms with van der Waals surface area (Å²) in [7, 11) is 3.23. The summed E-state index contributed by atoms with van der Waals surface area (Å²) < 4.78 is 10.7. The number of benzene rings is 2. The number of nitrogens with zero attached hydrogens (tertiary/aromatic N) is 3. The van der Waals surface area contributed by atoms with Gasteiger partial charge in [0.05, 0.1) is 26.1 Å². The number of rotatable bonds is 7. The highest BCUT2D eigenvalue weighted by molar-refractivity contribution is 5.67. The standard InChI is InChI=1S/C20H23N5O2/c1-5-14-8-6-7-13(2)19(14)24-20-23-18(12-21-25-20)22-16-11-15(26-3)9-10-17(16)27-4/h6-12H,5H2,1-4H3,(H2,22,23,24,25). The lowest BCUT2D eigenvalue weighted by Crippen LogP contribution is -2.05. The third-order valence-electron chi connectivity index (χ3n) is 4.21. The molecule has 3 aromatic rings. The second-order valence-corrected chi connectivity index (χ2v) is 5.94. The molecule has 0 aliphatic heterocycles. The third-order valence-corrected chi connectivity index (χ3v) is 4.21. The predicted octanol–water partition coefficient (Wildman–Crippen LogP) is 4.25. The summed E-state index contributed by atoms with van der Waals surface area (Å²) in [6.07, 6.45) is 2.47. The molecule has 0 saturated carbocycles. The molecule has 0 saturated heterocycles. The van der Waals surface area contributed by atoms with Gasteiger partial charge in [0.25, 0.3) is 0 Å². The minimum atomic E-state index is 0.422. The van der Waals surface area contributed by atoms with Gasteiger partial charge >= 0.3 is 0 Å². The Morgan fingerprint density at radius 1 is 1.04 bits per heavy atom. The Kier molecular flexibility index (Phi) is 5.71. The maximum absolute atomic E-state index is 5.39. The Morgan fingerprint density at radius 2 is 1.89 bits per heavy atom. The van der Waals surface area contributed by atoms with E-state index in [0.717, 1.165) is 23.4 Å². The number of hydrogen-bond donors (Lipinski definition) is 2. The van der Waals surface area contributed by atoms with Crippen LogP contribution < -0.4 is 20.1 Å². The molecule has 1 aromatic heterocycles. The van der Waals surface area contributed by atoms with Crippen LogP contribution in [0, 0.1) is 6.92 Å². The van der Waals surface area contributed by atoms with Crippen LogP contribution in [0.4, 0.5) is 23.1 Å². The van der Waals surface area contributed by atoms with E-state index in [9.17, 15) is 0 Å². The lowest BCUT2D eigenvalue weighted by atomic mass is 10.1. The second kappa shape index (κ2) is 8.35. The molecule has 0 aliphatic rings. The summed E-state index contributed by atoms with van der Waals surface area (Å²) in [5.41, 5.74) is 4.07. The van der Waals surface area contributed by atoms with Crippen molar-refractivity contribution in [2.24, 2.45) is 0 Å². The number of methoxy groups -OCH3 is 2. The molecule has 0 aliphatic carbocycles. The molecule has 0 bridgehead atoms. The molecule has 2 N–H and O–H groups in total. The van der Waals surface area contributed by atoms with E-state index in [1.807, 2.05) is 24.3 Å². The molecule has 2 aromatic carbocycles. The first kappa shape index (κ1) is 18.4. The van der Waals surface area contributed by atoms with Gasteiger partial charge in [-0.15, -0.1) is 5.10 Å². The van der Waals surface area contributed by atoms with E-state index in [1.54, 1.807) is 20.4 Å². The lowest BCUT2D eigenvalue weighted by molar-refractivity contribution is 0.405. The van der Waals surface area contributed by atoms with Gasteiger partial charge in [-0.3, -0.25) is 0 Å². The van der Waals surface area contributed by atoms with Crippen molar-refractivity contribution in [2.75, 3.05) is 24.9 Å². The average Bonchev–Trinajstić information content (AvgIpc) is 2.69. The highest BCUT2D eigenvalue weighted by Gasteiger charge is 2.10. The Hall–Kier alpha value is -3.35. The summed E-state index contributed by atoms with van der Waals surface area (Å²) >= 11 is 0. The van der Waals surface area contributed by atoms with Crippen molar-refractivity contribution < 1.29 is 9.47 Å². The number of ether oxygens (including phenoxy) is 2. The molecule has 0 fully saturated rings. The highest BCUT2D eigenvalue weighted by Crippen LogP contribution is 2.31. The number of aryl methyl sites for hydroxylation is 2. The van der Waals surface area contributed by atoms with E-state index in [1.165, 1.54) is 5.56 Å². The van der Waals surface area contributed by atoms with Gasteiger partial charge < -0.3 is 20.1 Å². The summed E-state index contributed by atoms with van der Waals surface area (Å²) in [5, 5.41) is 14.6. The van der Waals surface area contributed by atoms with Crippen LogP contribution in [0.25, 0.3) is 0 Å². The summed E-state index contributed by atoms with van der Waals surface area (Å²) in [5.74, 6) is 2.36. The van der Waals surface area contributed by atoms with Gasteiger partial charge in [0, 0.05) is 11.8 Å². The van der Waals surface area contributed by atoms with Crippen molar-refractivity contribution >= 4 is 23.1 Å². The molecule has 1 heterocycles. The fraction of sp³-hybridized carbons (Fsp3) is 0.250. The van der Waals surface area contributed by atoms with Crippen molar-refractivity contribution in [1.82, 2.24) is 15.2 Å². The molecule has 0 unspecified atom stereocenters. The van der Waals surface area contributed by atoms with Crippen LogP contribution in [0.1, 0.15) is 18.1 Å². The molecule has 7 nitrogen and oxygen atoms in total. The number of aromatic nitrogens is 3. The molecule has 0 amide bonds. The summed E-state index contributed by atoms with van der Waals surface area (Å²) in [6.45, 7) is 4.17. The largest absolute Gasteiger partial charge is 0.497 e. The van der Waals surface area contributed by atoms with Crippen LogP contribution in [0.5, 0.6) is 11.5 Å². The van der Waals surface area contributed by atoms with Crippen LogP contribution in [-0.4, -0.2) is 29.4 Å². The molecular formula is C20H23N5O2. The van der Waals surface area contributed by atoms with Crippen LogP contribution >= 0.6 is 0 Å². The summed E-state index contributed by atoms with van der Waals surface area (Å²) in [4.78, 5) is 4.52. The molecular weight excluding hydrogens is 342 g/mol. The molecule has 0 spiro atoms. The Morgan fingerprint density at radius 3 is 2.63 bits per heavy atom. The number of nitrogens with one attached hydrogen (secondary N) is 2. The van der Waals surface area contributed by atoms with E-state index in [4.69, 9.17) is 9.47 Å². The third kappa shape index (κ3) is 4.25. The fourth-order valence-corrected chi connectivity index (χ4v) is 2.78. The molecule has 7 heteroatoms. The highest BCUT2D eigenvalue weighted by atomic mass is 16.5. The van der Waals surface area contributed by atoms with E-state index in [0.29, 0.717) is 23.3 Å². The van der Waals surface area contributed by atoms with E-state index in [-0.39, 0.29) is 0 Å². The first-order valence-electron chi connectivity index (χ1n) is 8.69. The van der Waals surface area contributed by atoms with Crippen molar-refractivity contribution in [3.05, 3.63) is 53.7 Å². The van der Waals surface area contributed by atoms with Gasteiger partial charge in [-0.25, -0.2) is 0 Å². The minimum Gasteiger partial charge on any atom is -0.497 e. The van der Waals surface area contributed by atoms with Crippen LogP contribution in [-0.2, 0) is 6.42 Å². The summed E-state index contributed by atoms with van der Waals surface area (Å²) in [6, 6.07) is 11.7. The van der Waals surface area contributed by atoms with Crippen LogP contribution in [0.3, 0.4) is 0 Å². The van der Waals surface area contributed by atoms with E-state index < -0.39 is 0 Å². The first-order valence-corrected chi connectivity index (χ1v) is 8.69. The van der Waals surface area contributed by atoms with Crippen molar-refractivity contribution in [3.63, 3.8) is 0 Å². The molecule has 3 rings (SSSR count). The number of para-hydroxylation sites is 1. The average molecular weight is 365 g/mol. The maximum atomic E-state index is 5.39. The lowest BCUT2D eigenvalue weighted by Gasteiger charge is -2.14.